The number of ether oxygens (including phenoxy) is 1. The number of pyridine rings is 1. The van der Waals surface area contributed by atoms with Gasteiger partial charge in [-0.05, 0) is 59.0 Å². The number of aryl methyl sites for hydroxylation is 3. The van der Waals surface area contributed by atoms with Crippen molar-refractivity contribution in [1.29, 1.82) is 0 Å². The van der Waals surface area contributed by atoms with E-state index in [1.54, 1.807) is 6.26 Å². The highest BCUT2D eigenvalue weighted by atomic mass is 16.5. The van der Waals surface area contributed by atoms with Gasteiger partial charge in [0.25, 0.3) is 5.78 Å². The van der Waals surface area contributed by atoms with Gasteiger partial charge in [-0.1, -0.05) is 45.0 Å². The highest BCUT2D eigenvalue weighted by Crippen LogP contribution is 2.54. The maximum absolute atomic E-state index is 6.97. The molecule has 3 aromatic heterocycles. The Morgan fingerprint density at radius 1 is 0.914 bits per heavy atom. The molecule has 4 heterocycles. The van der Waals surface area contributed by atoms with Gasteiger partial charge in [-0.2, -0.15) is 0 Å². The van der Waals surface area contributed by atoms with Crippen molar-refractivity contribution in [2.75, 3.05) is 0 Å². The Kier molecular flexibility index (Phi) is 3.91. The summed E-state index contributed by atoms with van der Waals surface area (Å²) >= 11 is 0. The van der Waals surface area contributed by atoms with Crippen LogP contribution in [0.4, 0.5) is 0 Å². The Morgan fingerprint density at radius 3 is 2.46 bits per heavy atom. The molecule has 6 aromatic rings. The maximum atomic E-state index is 6.97. The second-order valence-corrected chi connectivity index (χ2v) is 11.2. The predicted molar refractivity (Wildman–Crippen MR) is 140 cm³/mol. The van der Waals surface area contributed by atoms with Crippen molar-refractivity contribution in [3.8, 4) is 22.8 Å². The maximum Gasteiger partial charge on any atom is 0.298 e. The Labute approximate surface area is 203 Å². The Balaban J connectivity index is 1.70. The summed E-state index contributed by atoms with van der Waals surface area (Å²) in [5, 5.41) is 6.82. The molecule has 0 saturated carbocycles. The highest BCUT2D eigenvalue weighted by molar-refractivity contribution is 6.18. The first-order chi connectivity index (χ1) is 16.7. The molecule has 0 bridgehead atoms. The second kappa shape index (κ2) is 6.66. The zero-order valence-corrected chi connectivity index (χ0v) is 21.0. The Morgan fingerprint density at radius 2 is 1.69 bits per heavy atom. The van der Waals surface area contributed by atoms with Crippen LogP contribution in [-0.2, 0) is 13.5 Å². The van der Waals surface area contributed by atoms with Gasteiger partial charge in [-0.25, -0.2) is 4.57 Å². The van der Waals surface area contributed by atoms with E-state index >= 15 is 0 Å². The molecule has 1 aliphatic rings. The minimum Gasteiger partial charge on any atom is -0.451 e. The van der Waals surface area contributed by atoms with Gasteiger partial charge in [-0.3, -0.25) is 0 Å². The molecule has 0 spiro atoms. The number of rotatable bonds is 1. The summed E-state index contributed by atoms with van der Waals surface area (Å²) in [6.07, 6.45) is 4.81. The third-order valence-electron chi connectivity index (χ3n) is 7.42. The zero-order valence-electron chi connectivity index (χ0n) is 21.0. The number of furan rings is 2. The lowest BCUT2D eigenvalue weighted by Crippen LogP contribution is -2.32. The zero-order chi connectivity index (χ0) is 24.2. The fraction of sp³-hybridized carbons (Fsp3) is 0.258. The third kappa shape index (κ3) is 2.71. The van der Waals surface area contributed by atoms with Crippen LogP contribution in [0.5, 0.6) is 11.5 Å². The van der Waals surface area contributed by atoms with E-state index in [1.807, 2.05) is 0 Å². The smallest absolute Gasteiger partial charge is 0.298 e. The number of hydrogen-bond acceptors (Lipinski definition) is 3. The first-order valence-corrected chi connectivity index (χ1v) is 12.2. The van der Waals surface area contributed by atoms with Crippen molar-refractivity contribution in [2.24, 2.45) is 12.5 Å². The molecule has 0 N–H and O–H groups in total. The lowest BCUT2D eigenvalue weighted by atomic mass is 9.81. The summed E-state index contributed by atoms with van der Waals surface area (Å²) in [5.41, 5.74) is 6.75. The largest absolute Gasteiger partial charge is 0.451 e. The summed E-state index contributed by atoms with van der Waals surface area (Å²) in [5.74, 6) is 2.28. The van der Waals surface area contributed by atoms with Gasteiger partial charge in [0, 0.05) is 17.0 Å². The van der Waals surface area contributed by atoms with Gasteiger partial charge in [0.05, 0.1) is 17.2 Å². The highest BCUT2D eigenvalue weighted by Gasteiger charge is 2.36. The molecule has 0 aliphatic carbocycles. The van der Waals surface area contributed by atoms with Crippen molar-refractivity contribution >= 4 is 43.7 Å². The first kappa shape index (κ1) is 20.6. The standard InChI is InChI=1S/C31H28NO3/c1-16-15-33-30-23(16)21-13-18-11-12-32(6)26-24-17(2)19-9-7-8-10-20(19)22(14-31(3,4)5)27(24)34-29(25(18)26)28(21)35-30/h7-13,15H,14H2,1-6H3/q+1. The van der Waals surface area contributed by atoms with Crippen LogP contribution >= 0.6 is 0 Å². The van der Waals surface area contributed by atoms with E-state index in [1.165, 1.54) is 33.2 Å². The lowest BCUT2D eigenvalue weighted by Gasteiger charge is -2.28. The first-order valence-electron chi connectivity index (χ1n) is 12.2. The number of benzene rings is 3. The molecule has 4 heteroatoms. The van der Waals surface area contributed by atoms with Crippen LogP contribution in [-0.4, -0.2) is 0 Å². The molecule has 0 atom stereocenters. The van der Waals surface area contributed by atoms with Crippen molar-refractivity contribution in [2.45, 2.75) is 41.0 Å². The molecule has 0 radical (unpaired) electrons. The quantitative estimate of drug-likeness (QED) is 0.230. The molecule has 35 heavy (non-hydrogen) atoms. The number of fused-ring (bicyclic) bond motifs is 7. The molecule has 0 amide bonds. The van der Waals surface area contributed by atoms with Crippen molar-refractivity contribution < 1.29 is 18.1 Å². The van der Waals surface area contributed by atoms with Gasteiger partial charge in [0.1, 0.15) is 18.2 Å². The minimum absolute atomic E-state index is 0.0945. The SMILES string of the molecule is Cc1c2c(c(CC(C)(C)C)c3ccccc13)Oc1c3oc4occ(C)c4c3cc3cc[n+](C)c-2c13. The van der Waals surface area contributed by atoms with Crippen molar-refractivity contribution in [1.82, 2.24) is 0 Å². The molecule has 7 rings (SSSR count). The van der Waals surface area contributed by atoms with Crippen molar-refractivity contribution in [3.63, 3.8) is 0 Å². The van der Waals surface area contributed by atoms with Crippen LogP contribution in [0, 0.1) is 19.3 Å². The summed E-state index contributed by atoms with van der Waals surface area (Å²) < 4.78 is 21.2. The summed E-state index contributed by atoms with van der Waals surface area (Å²) in [7, 11) is 2.12. The van der Waals surface area contributed by atoms with Crippen LogP contribution in [0.15, 0.2) is 57.7 Å². The van der Waals surface area contributed by atoms with E-state index in [2.05, 4.69) is 88.8 Å². The van der Waals surface area contributed by atoms with Gasteiger partial charge in [0.15, 0.2) is 17.5 Å². The lowest BCUT2D eigenvalue weighted by molar-refractivity contribution is -0.659. The average Bonchev–Trinajstić information content (AvgIpc) is 3.37. The van der Waals surface area contributed by atoms with E-state index in [0.29, 0.717) is 5.78 Å². The summed E-state index contributed by atoms with van der Waals surface area (Å²) in [4.78, 5) is 0. The van der Waals surface area contributed by atoms with Gasteiger partial charge in [0.2, 0.25) is 5.69 Å². The molecule has 4 nitrogen and oxygen atoms in total. The second-order valence-electron chi connectivity index (χ2n) is 11.2. The fourth-order valence-electron chi connectivity index (χ4n) is 5.93. The molecule has 174 valence electrons. The van der Waals surface area contributed by atoms with E-state index in [-0.39, 0.29) is 5.41 Å². The molecular weight excluding hydrogens is 434 g/mol. The van der Waals surface area contributed by atoms with Crippen LogP contribution in [0.1, 0.15) is 37.5 Å². The van der Waals surface area contributed by atoms with Crippen LogP contribution < -0.4 is 9.30 Å². The molecular formula is C31H28NO3+. The van der Waals surface area contributed by atoms with Crippen LogP contribution in [0.25, 0.3) is 54.9 Å². The van der Waals surface area contributed by atoms with Gasteiger partial charge in [-0.15, -0.1) is 0 Å². The molecule has 0 unspecified atom stereocenters. The van der Waals surface area contributed by atoms with Crippen LogP contribution in [0.3, 0.4) is 0 Å². The van der Waals surface area contributed by atoms with Crippen molar-refractivity contribution in [3.05, 3.63) is 65.5 Å². The van der Waals surface area contributed by atoms with Gasteiger partial charge < -0.3 is 13.6 Å². The van der Waals surface area contributed by atoms with E-state index in [4.69, 9.17) is 13.6 Å². The monoisotopic (exact) mass is 462 g/mol. The van der Waals surface area contributed by atoms with Crippen LogP contribution in [0.2, 0.25) is 0 Å². The summed E-state index contributed by atoms with van der Waals surface area (Å²) in [6.45, 7) is 11.1. The third-order valence-corrected chi connectivity index (χ3v) is 7.42. The predicted octanol–water partition coefficient (Wildman–Crippen LogP) is 8.29. The molecule has 1 aliphatic heterocycles. The Hall–Kier alpha value is -3.79. The molecule has 0 saturated heterocycles. The number of nitrogens with zero attached hydrogens (tertiary/aromatic N) is 1. The topological polar surface area (TPSA) is 39.4 Å². The van der Waals surface area contributed by atoms with E-state index in [0.717, 1.165) is 50.6 Å². The minimum atomic E-state index is 0.0945. The normalized spacial score (nSPS) is 13.2. The molecule has 0 fully saturated rings. The van der Waals surface area contributed by atoms with Gasteiger partial charge >= 0.3 is 0 Å². The molecule has 3 aromatic carbocycles. The fourth-order valence-corrected chi connectivity index (χ4v) is 5.93. The number of aromatic nitrogens is 1. The summed E-state index contributed by atoms with van der Waals surface area (Å²) in [6, 6.07) is 13.1. The Bertz CT molecular complexity index is 1860. The number of hydrogen-bond donors (Lipinski definition) is 0. The van der Waals surface area contributed by atoms with E-state index in [9.17, 15) is 0 Å². The van der Waals surface area contributed by atoms with E-state index < -0.39 is 0 Å². The average molecular weight is 463 g/mol.